The molecule has 1 N–H and O–H groups in total. The Labute approximate surface area is 195 Å². The first-order valence-corrected chi connectivity index (χ1v) is 13.1. The smallest absolute Gasteiger partial charge is 0.264 e. The fourth-order valence-corrected chi connectivity index (χ4v) is 6.27. The number of amides is 1. The van der Waals surface area contributed by atoms with Crippen LogP contribution < -0.4 is 4.72 Å². The summed E-state index contributed by atoms with van der Waals surface area (Å²) in [6, 6.07) is 16.5. The van der Waals surface area contributed by atoms with Crippen molar-refractivity contribution in [2.75, 3.05) is 17.8 Å². The van der Waals surface area contributed by atoms with E-state index in [-0.39, 0.29) is 35.1 Å². The highest BCUT2D eigenvalue weighted by Crippen LogP contribution is 2.26. The Morgan fingerprint density at radius 3 is 2.12 bits per heavy atom. The van der Waals surface area contributed by atoms with E-state index in [9.17, 15) is 26.0 Å². The van der Waals surface area contributed by atoms with Crippen LogP contribution in [0.5, 0.6) is 0 Å². The molecule has 0 radical (unpaired) electrons. The number of halogens is 2. The standard InChI is InChI=1S/C22H18ClFN2O5S2/c23-16-7-11-18(12-8-16)32(28,29)19-13-26(14-19)22(27)15-5-9-17(10-6-15)25-33(30,31)21-4-2-1-3-20(21)24/h1-12,19,25H,13-14H2. The molecule has 0 spiro atoms. The van der Waals surface area contributed by atoms with Gasteiger partial charge >= 0.3 is 0 Å². The molecule has 1 saturated heterocycles. The monoisotopic (exact) mass is 508 g/mol. The zero-order chi connectivity index (χ0) is 23.8. The Morgan fingerprint density at radius 2 is 1.52 bits per heavy atom. The number of nitrogens with one attached hydrogen (secondary N) is 1. The minimum Gasteiger partial charge on any atom is -0.336 e. The maximum atomic E-state index is 13.8. The van der Waals surface area contributed by atoms with Crippen molar-refractivity contribution in [1.82, 2.24) is 4.90 Å². The van der Waals surface area contributed by atoms with Gasteiger partial charge < -0.3 is 4.90 Å². The maximum absolute atomic E-state index is 13.8. The molecule has 7 nitrogen and oxygen atoms in total. The van der Waals surface area contributed by atoms with Crippen molar-refractivity contribution >= 4 is 43.1 Å². The Bertz CT molecular complexity index is 1400. The summed E-state index contributed by atoms with van der Waals surface area (Å²) in [6.45, 7) is 0.0942. The predicted molar refractivity (Wildman–Crippen MR) is 122 cm³/mol. The number of carbonyl (C=O) groups is 1. The van der Waals surface area contributed by atoms with Gasteiger partial charge in [0.15, 0.2) is 9.84 Å². The van der Waals surface area contributed by atoms with Crippen molar-refractivity contribution in [1.29, 1.82) is 0 Å². The molecule has 0 atom stereocenters. The van der Waals surface area contributed by atoms with Gasteiger partial charge in [0.25, 0.3) is 15.9 Å². The molecule has 0 bridgehead atoms. The number of sulfone groups is 1. The average molecular weight is 509 g/mol. The van der Waals surface area contributed by atoms with Gasteiger partial charge in [-0.15, -0.1) is 0 Å². The normalized spacial score (nSPS) is 14.5. The van der Waals surface area contributed by atoms with Crippen molar-refractivity contribution in [3.8, 4) is 0 Å². The largest absolute Gasteiger partial charge is 0.336 e. The van der Waals surface area contributed by atoms with Gasteiger partial charge in [0, 0.05) is 29.4 Å². The average Bonchev–Trinajstić information content (AvgIpc) is 2.73. The van der Waals surface area contributed by atoms with Gasteiger partial charge in [-0.1, -0.05) is 23.7 Å². The lowest BCUT2D eigenvalue weighted by Crippen LogP contribution is -2.56. The molecule has 1 amide bonds. The van der Waals surface area contributed by atoms with Gasteiger partial charge in [-0.2, -0.15) is 0 Å². The van der Waals surface area contributed by atoms with Crippen molar-refractivity contribution in [2.45, 2.75) is 15.0 Å². The number of likely N-dealkylation sites (tertiary alicyclic amines) is 1. The third kappa shape index (κ3) is 4.73. The van der Waals surface area contributed by atoms with Gasteiger partial charge in [-0.3, -0.25) is 9.52 Å². The highest BCUT2D eigenvalue weighted by molar-refractivity contribution is 7.92. The molecule has 1 aliphatic rings. The Hall–Kier alpha value is -2.95. The minimum absolute atomic E-state index is 0.0471. The molecule has 1 heterocycles. The summed E-state index contributed by atoms with van der Waals surface area (Å²) in [5.74, 6) is -1.25. The minimum atomic E-state index is -4.13. The van der Waals surface area contributed by atoms with Crippen LogP contribution in [0, 0.1) is 5.82 Å². The van der Waals surface area contributed by atoms with Crippen LogP contribution in [0.15, 0.2) is 82.6 Å². The van der Waals surface area contributed by atoms with Crippen molar-refractivity contribution in [3.63, 3.8) is 0 Å². The van der Waals surface area contributed by atoms with E-state index in [0.717, 1.165) is 12.1 Å². The Kier molecular flexibility index (Phi) is 6.17. The lowest BCUT2D eigenvalue weighted by molar-refractivity contribution is 0.0659. The molecule has 3 aromatic carbocycles. The molecule has 33 heavy (non-hydrogen) atoms. The van der Waals surface area contributed by atoms with Crippen LogP contribution in [0.2, 0.25) is 5.02 Å². The van der Waals surface area contributed by atoms with E-state index in [1.165, 1.54) is 65.6 Å². The second-order valence-electron chi connectivity index (χ2n) is 7.44. The predicted octanol–water partition coefficient (Wildman–Crippen LogP) is 3.58. The number of rotatable bonds is 6. The van der Waals surface area contributed by atoms with E-state index in [2.05, 4.69) is 4.72 Å². The molecule has 1 aliphatic heterocycles. The topological polar surface area (TPSA) is 101 Å². The number of anilines is 1. The van der Waals surface area contributed by atoms with Crippen LogP contribution in [-0.2, 0) is 19.9 Å². The quantitative estimate of drug-likeness (QED) is 0.548. The second-order valence-corrected chi connectivity index (χ2v) is 11.8. The highest BCUT2D eigenvalue weighted by atomic mass is 35.5. The van der Waals surface area contributed by atoms with Crippen molar-refractivity contribution < 1.29 is 26.0 Å². The van der Waals surface area contributed by atoms with E-state index in [1.807, 2.05) is 0 Å². The van der Waals surface area contributed by atoms with Gasteiger partial charge in [0.1, 0.15) is 16.0 Å². The van der Waals surface area contributed by atoms with Crippen LogP contribution >= 0.6 is 11.6 Å². The molecule has 1 fully saturated rings. The van der Waals surface area contributed by atoms with Crippen molar-refractivity contribution in [3.05, 3.63) is 89.2 Å². The van der Waals surface area contributed by atoms with Crippen LogP contribution in [-0.4, -0.2) is 46.0 Å². The number of hydrogen-bond donors (Lipinski definition) is 1. The summed E-state index contributed by atoms with van der Waals surface area (Å²) >= 11 is 5.80. The lowest BCUT2D eigenvalue weighted by Gasteiger charge is -2.38. The number of nitrogens with zero attached hydrogens (tertiary/aromatic N) is 1. The Balaban J connectivity index is 1.40. The Morgan fingerprint density at radius 1 is 0.909 bits per heavy atom. The summed E-state index contributed by atoms with van der Waals surface area (Å²) in [5.41, 5.74) is 0.424. The number of sulfonamides is 1. The van der Waals surface area contributed by atoms with Crippen LogP contribution in [0.25, 0.3) is 0 Å². The molecule has 0 unspecified atom stereocenters. The van der Waals surface area contributed by atoms with Crippen LogP contribution in [0.4, 0.5) is 10.1 Å². The summed E-state index contributed by atoms with van der Waals surface area (Å²) in [7, 11) is -7.72. The molecule has 0 aromatic heterocycles. The zero-order valence-electron chi connectivity index (χ0n) is 17.0. The summed E-state index contributed by atoms with van der Waals surface area (Å²) < 4.78 is 66.2. The van der Waals surface area contributed by atoms with Gasteiger partial charge in [-0.25, -0.2) is 21.2 Å². The van der Waals surface area contributed by atoms with E-state index < -0.39 is 35.8 Å². The molecule has 0 saturated carbocycles. The summed E-state index contributed by atoms with van der Waals surface area (Å²) in [4.78, 5) is 13.7. The number of carbonyl (C=O) groups excluding carboxylic acids is 1. The lowest BCUT2D eigenvalue weighted by atomic mass is 10.1. The molecular formula is C22H18ClFN2O5S2. The number of benzene rings is 3. The molecule has 11 heteroatoms. The van der Waals surface area contributed by atoms with Gasteiger partial charge in [0.05, 0.1) is 4.90 Å². The fraction of sp³-hybridized carbons (Fsp3) is 0.136. The first-order valence-electron chi connectivity index (χ1n) is 9.74. The molecule has 4 rings (SSSR count). The molecular weight excluding hydrogens is 491 g/mol. The second kappa shape index (κ2) is 8.77. The first kappa shape index (κ1) is 23.2. The van der Waals surface area contributed by atoms with E-state index in [0.29, 0.717) is 5.02 Å². The van der Waals surface area contributed by atoms with Crippen molar-refractivity contribution in [2.24, 2.45) is 0 Å². The summed E-state index contributed by atoms with van der Waals surface area (Å²) in [6.07, 6.45) is 0. The summed E-state index contributed by atoms with van der Waals surface area (Å²) in [5, 5.41) is -0.284. The highest BCUT2D eigenvalue weighted by Gasteiger charge is 2.40. The maximum Gasteiger partial charge on any atom is 0.264 e. The number of hydrogen-bond acceptors (Lipinski definition) is 5. The fourth-order valence-electron chi connectivity index (χ4n) is 3.35. The van der Waals surface area contributed by atoms with E-state index in [4.69, 9.17) is 11.6 Å². The zero-order valence-corrected chi connectivity index (χ0v) is 19.4. The SMILES string of the molecule is O=C(c1ccc(NS(=O)(=O)c2ccccc2F)cc1)N1CC(S(=O)(=O)c2ccc(Cl)cc2)C1. The molecule has 0 aliphatic carbocycles. The first-order chi connectivity index (χ1) is 15.6. The third-order valence-electron chi connectivity index (χ3n) is 5.23. The van der Waals surface area contributed by atoms with E-state index >= 15 is 0 Å². The molecule has 172 valence electrons. The van der Waals surface area contributed by atoms with Gasteiger partial charge in [-0.05, 0) is 60.7 Å². The van der Waals surface area contributed by atoms with Crippen LogP contribution in [0.3, 0.4) is 0 Å². The van der Waals surface area contributed by atoms with Gasteiger partial charge in [0.2, 0.25) is 0 Å². The van der Waals surface area contributed by atoms with E-state index in [1.54, 1.807) is 0 Å². The third-order valence-corrected chi connectivity index (χ3v) is 9.00. The van der Waals surface area contributed by atoms with Crippen LogP contribution in [0.1, 0.15) is 10.4 Å². The molecule has 3 aromatic rings.